The molecule has 0 aliphatic rings. The summed E-state index contributed by atoms with van der Waals surface area (Å²) < 4.78 is 5.24. The number of hydrogen-bond donors (Lipinski definition) is 2. The van der Waals surface area contributed by atoms with Gasteiger partial charge in [0.15, 0.2) is 6.61 Å². The summed E-state index contributed by atoms with van der Waals surface area (Å²) >= 11 is 11.6. The largest absolute Gasteiger partial charge is 0.484 e. The maximum Gasteiger partial charge on any atom is 0.276 e. The summed E-state index contributed by atoms with van der Waals surface area (Å²) in [5.74, 6) is -0.464. The molecule has 5 nitrogen and oxygen atoms in total. The lowest BCUT2D eigenvalue weighted by atomic mass is 10.2. The van der Waals surface area contributed by atoms with Gasteiger partial charge in [0.2, 0.25) is 0 Å². The summed E-state index contributed by atoms with van der Waals surface area (Å²) in [7, 11) is 0. The van der Waals surface area contributed by atoms with Gasteiger partial charge in [0.25, 0.3) is 11.8 Å². The van der Waals surface area contributed by atoms with Crippen molar-refractivity contribution in [3.63, 3.8) is 0 Å². The van der Waals surface area contributed by atoms with Gasteiger partial charge in [-0.15, -0.1) is 0 Å². The number of hydrazine groups is 1. The number of carbonyl (C=O) groups is 2. The quantitative estimate of drug-likeness (QED) is 0.842. The second-order valence-corrected chi connectivity index (χ2v) is 5.14. The van der Waals surface area contributed by atoms with Crippen LogP contribution in [0, 0.1) is 0 Å². The highest BCUT2D eigenvalue weighted by atomic mass is 35.5. The van der Waals surface area contributed by atoms with Gasteiger partial charge in [0.1, 0.15) is 5.75 Å². The van der Waals surface area contributed by atoms with Gasteiger partial charge >= 0.3 is 0 Å². The minimum absolute atomic E-state index is 0.222. The molecule has 2 aromatic carbocycles. The highest BCUT2D eigenvalue weighted by molar-refractivity contribution is 6.35. The molecule has 114 valence electrons. The summed E-state index contributed by atoms with van der Waals surface area (Å²) in [6, 6.07) is 13.2. The predicted molar refractivity (Wildman–Crippen MR) is 84.0 cm³/mol. The van der Waals surface area contributed by atoms with Gasteiger partial charge in [0.05, 0.1) is 0 Å². The smallest absolute Gasteiger partial charge is 0.276 e. The molecule has 0 saturated heterocycles. The van der Waals surface area contributed by atoms with Gasteiger partial charge in [-0.25, -0.2) is 0 Å². The molecule has 0 bridgehead atoms. The Kier molecular flexibility index (Phi) is 5.63. The SMILES string of the molecule is O=C(COc1ccccc1)NNC(=O)c1cc(Cl)cc(Cl)c1. The Morgan fingerprint density at radius 3 is 2.23 bits per heavy atom. The Morgan fingerprint density at radius 1 is 0.955 bits per heavy atom. The number of hydrogen-bond acceptors (Lipinski definition) is 3. The van der Waals surface area contributed by atoms with E-state index in [0.717, 1.165) is 0 Å². The van der Waals surface area contributed by atoms with Crippen molar-refractivity contribution in [2.45, 2.75) is 0 Å². The summed E-state index contributed by atoms with van der Waals surface area (Å²) in [5.41, 5.74) is 4.73. The fourth-order valence-corrected chi connectivity index (χ4v) is 2.11. The molecule has 0 heterocycles. The Labute approximate surface area is 137 Å². The van der Waals surface area contributed by atoms with Crippen LogP contribution in [0.1, 0.15) is 10.4 Å². The number of ether oxygens (including phenoxy) is 1. The molecule has 0 aromatic heterocycles. The van der Waals surface area contributed by atoms with Gasteiger partial charge in [-0.1, -0.05) is 41.4 Å². The van der Waals surface area contributed by atoms with E-state index in [1.807, 2.05) is 6.07 Å². The van der Waals surface area contributed by atoms with Crippen molar-refractivity contribution in [2.75, 3.05) is 6.61 Å². The lowest BCUT2D eigenvalue weighted by molar-refractivity contribution is -0.123. The third kappa shape index (κ3) is 4.95. The first-order valence-corrected chi connectivity index (χ1v) is 7.03. The monoisotopic (exact) mass is 338 g/mol. The molecule has 0 aliphatic carbocycles. The number of para-hydroxylation sites is 1. The number of benzene rings is 2. The average Bonchev–Trinajstić information content (AvgIpc) is 2.50. The summed E-state index contributed by atoms with van der Waals surface area (Å²) in [4.78, 5) is 23.4. The normalized spacial score (nSPS) is 9.91. The van der Waals surface area contributed by atoms with E-state index < -0.39 is 11.8 Å². The Hall–Kier alpha value is -2.24. The maximum atomic E-state index is 11.8. The average molecular weight is 339 g/mol. The van der Waals surface area contributed by atoms with Crippen molar-refractivity contribution in [3.8, 4) is 5.75 Å². The van der Waals surface area contributed by atoms with Crippen LogP contribution in [0.5, 0.6) is 5.75 Å². The molecule has 22 heavy (non-hydrogen) atoms. The molecule has 0 unspecified atom stereocenters. The van der Waals surface area contributed by atoms with Crippen molar-refractivity contribution in [1.82, 2.24) is 10.9 Å². The summed E-state index contributed by atoms with van der Waals surface area (Å²) in [5, 5.41) is 0.660. The van der Waals surface area contributed by atoms with E-state index in [1.165, 1.54) is 18.2 Å². The molecule has 0 spiro atoms. The highest BCUT2D eigenvalue weighted by Gasteiger charge is 2.09. The molecule has 7 heteroatoms. The van der Waals surface area contributed by atoms with Crippen LogP contribution in [0.15, 0.2) is 48.5 Å². The van der Waals surface area contributed by atoms with Crippen LogP contribution in [-0.2, 0) is 4.79 Å². The topological polar surface area (TPSA) is 67.4 Å². The molecule has 2 N–H and O–H groups in total. The summed E-state index contributed by atoms with van der Waals surface area (Å²) in [6.45, 7) is -0.222. The lowest BCUT2D eigenvalue weighted by Crippen LogP contribution is -2.43. The first-order valence-electron chi connectivity index (χ1n) is 6.28. The predicted octanol–water partition coefficient (Wildman–Crippen LogP) is 2.83. The van der Waals surface area contributed by atoms with Crippen molar-refractivity contribution in [2.24, 2.45) is 0 Å². The Morgan fingerprint density at radius 2 is 1.59 bits per heavy atom. The zero-order valence-corrected chi connectivity index (χ0v) is 12.8. The van der Waals surface area contributed by atoms with Crippen LogP contribution >= 0.6 is 23.2 Å². The third-order valence-electron chi connectivity index (χ3n) is 2.55. The lowest BCUT2D eigenvalue weighted by Gasteiger charge is -2.09. The second kappa shape index (κ2) is 7.68. The minimum Gasteiger partial charge on any atom is -0.484 e. The summed E-state index contributed by atoms with van der Waals surface area (Å²) in [6.07, 6.45) is 0. The van der Waals surface area contributed by atoms with E-state index in [1.54, 1.807) is 24.3 Å². The standard InChI is InChI=1S/C15H12Cl2N2O3/c16-11-6-10(7-12(17)8-11)15(21)19-18-14(20)9-22-13-4-2-1-3-5-13/h1-8H,9H2,(H,18,20)(H,19,21). The van der Waals surface area contributed by atoms with Crippen molar-refractivity contribution in [3.05, 3.63) is 64.1 Å². The van der Waals surface area contributed by atoms with Crippen LogP contribution in [-0.4, -0.2) is 18.4 Å². The van der Waals surface area contributed by atoms with Crippen molar-refractivity contribution < 1.29 is 14.3 Å². The molecule has 0 aliphatic heterocycles. The Bertz CT molecular complexity index is 657. The second-order valence-electron chi connectivity index (χ2n) is 4.26. The number of rotatable bonds is 4. The van der Waals surface area contributed by atoms with E-state index in [-0.39, 0.29) is 12.2 Å². The first-order chi connectivity index (χ1) is 10.5. The van der Waals surface area contributed by atoms with Gasteiger partial charge in [-0.3, -0.25) is 20.4 Å². The fourth-order valence-electron chi connectivity index (χ4n) is 1.59. The van der Waals surface area contributed by atoms with Crippen LogP contribution < -0.4 is 15.6 Å². The first kappa shape index (κ1) is 16.1. The molecular weight excluding hydrogens is 327 g/mol. The molecule has 0 atom stereocenters. The van der Waals surface area contributed by atoms with E-state index in [2.05, 4.69) is 10.9 Å². The zero-order valence-electron chi connectivity index (χ0n) is 11.3. The molecule has 2 amide bonds. The molecule has 2 rings (SSSR count). The number of nitrogens with one attached hydrogen (secondary N) is 2. The molecule has 0 saturated carbocycles. The van der Waals surface area contributed by atoms with Gasteiger partial charge in [-0.05, 0) is 30.3 Å². The van der Waals surface area contributed by atoms with Crippen LogP contribution in [0.25, 0.3) is 0 Å². The van der Waals surface area contributed by atoms with Crippen LogP contribution in [0.4, 0.5) is 0 Å². The fraction of sp³-hybridized carbons (Fsp3) is 0.0667. The van der Waals surface area contributed by atoms with E-state index in [4.69, 9.17) is 27.9 Å². The third-order valence-corrected chi connectivity index (χ3v) is 2.99. The minimum atomic E-state index is -0.530. The van der Waals surface area contributed by atoms with Gasteiger partial charge in [0, 0.05) is 15.6 Å². The zero-order chi connectivity index (χ0) is 15.9. The molecular formula is C15H12Cl2N2O3. The number of carbonyl (C=O) groups excluding carboxylic acids is 2. The van der Waals surface area contributed by atoms with Crippen LogP contribution in [0.2, 0.25) is 10.0 Å². The van der Waals surface area contributed by atoms with E-state index in [9.17, 15) is 9.59 Å². The maximum absolute atomic E-state index is 11.8. The van der Waals surface area contributed by atoms with Gasteiger partial charge in [-0.2, -0.15) is 0 Å². The Balaban J connectivity index is 1.81. The van der Waals surface area contributed by atoms with Crippen LogP contribution in [0.3, 0.4) is 0 Å². The number of halogens is 2. The van der Waals surface area contributed by atoms with Crippen molar-refractivity contribution in [1.29, 1.82) is 0 Å². The van der Waals surface area contributed by atoms with E-state index in [0.29, 0.717) is 15.8 Å². The van der Waals surface area contributed by atoms with Crippen molar-refractivity contribution >= 4 is 35.0 Å². The molecule has 0 fully saturated rings. The molecule has 0 radical (unpaired) electrons. The highest BCUT2D eigenvalue weighted by Crippen LogP contribution is 2.18. The number of amides is 2. The molecule has 2 aromatic rings. The van der Waals surface area contributed by atoms with E-state index >= 15 is 0 Å². The van der Waals surface area contributed by atoms with Gasteiger partial charge < -0.3 is 4.74 Å².